The van der Waals surface area contributed by atoms with E-state index in [0.29, 0.717) is 34.1 Å². The minimum Gasteiger partial charge on any atom is -0.368 e. The number of Topliss-reactive ketones (excluding diaryl/α,β-unsaturated/α-hetero) is 1. The third-order valence-electron chi connectivity index (χ3n) is 6.85. The molecule has 0 amide bonds. The molecule has 4 rings (SSSR count). The summed E-state index contributed by atoms with van der Waals surface area (Å²) in [5.74, 6) is 0.167. The number of piperidine rings is 1. The van der Waals surface area contributed by atoms with Gasteiger partial charge in [0.1, 0.15) is 5.82 Å². The van der Waals surface area contributed by atoms with Crippen LogP contribution in [0.5, 0.6) is 0 Å². The molecule has 0 radical (unpaired) electrons. The van der Waals surface area contributed by atoms with Gasteiger partial charge in [0.2, 0.25) is 5.95 Å². The quantitative estimate of drug-likeness (QED) is 0.259. The Morgan fingerprint density at radius 2 is 1.76 bits per heavy atom. The second-order valence-electron chi connectivity index (χ2n) is 9.65. The van der Waals surface area contributed by atoms with Gasteiger partial charge in [-0.2, -0.15) is 0 Å². The van der Waals surface area contributed by atoms with Crippen LogP contribution in [-0.4, -0.2) is 53.6 Å². The number of carbonyl (C=O) groups is 1. The molecule has 38 heavy (non-hydrogen) atoms. The van der Waals surface area contributed by atoms with E-state index in [1.165, 1.54) is 13.3 Å². The Morgan fingerprint density at radius 1 is 1.13 bits per heavy atom. The SMILES string of the molecule is C=Nc1cc(-c2ccc(C(C)=O)c(C)c2F)ncc1N(C)C1CCN(c2ncc(CC)cn2)CC1.CCC. The topological polar surface area (TPSA) is 74.6 Å². The lowest BCUT2D eigenvalue weighted by Crippen LogP contribution is -2.44. The maximum Gasteiger partial charge on any atom is 0.225 e. The number of aromatic nitrogens is 3. The van der Waals surface area contributed by atoms with Gasteiger partial charge in [0.05, 0.1) is 23.3 Å². The number of carbonyl (C=O) groups excluding carboxylic acids is 1. The molecule has 202 valence electrons. The van der Waals surface area contributed by atoms with E-state index in [2.05, 4.69) is 57.2 Å². The molecular weight excluding hydrogens is 479 g/mol. The standard InChI is InChI=1S/C27H31FN6O.C3H8/c1-6-19-14-31-27(32-15-19)34-11-9-20(10-12-34)33(5)25-16-30-23(13-24(25)29-4)22-8-7-21(18(3)35)17(2)26(22)28;1-3-2/h7-8,13-16,20H,4,6,9-12H2,1-3,5H3;3H2,1-2H3. The lowest BCUT2D eigenvalue weighted by molar-refractivity contribution is 0.101. The largest absolute Gasteiger partial charge is 0.368 e. The van der Waals surface area contributed by atoms with Crippen LogP contribution in [0.2, 0.25) is 0 Å². The molecule has 0 spiro atoms. The van der Waals surface area contributed by atoms with Crippen molar-refractivity contribution in [2.75, 3.05) is 29.9 Å². The second-order valence-corrected chi connectivity index (χ2v) is 9.65. The van der Waals surface area contributed by atoms with Crippen LogP contribution >= 0.6 is 0 Å². The zero-order valence-electron chi connectivity index (χ0n) is 23.5. The summed E-state index contributed by atoms with van der Waals surface area (Å²) in [5.41, 5.74) is 4.13. The fraction of sp³-hybridized carbons (Fsp3) is 0.433. The van der Waals surface area contributed by atoms with E-state index in [-0.39, 0.29) is 5.78 Å². The summed E-state index contributed by atoms with van der Waals surface area (Å²) < 4.78 is 15.0. The Bertz CT molecular complexity index is 1250. The van der Waals surface area contributed by atoms with Crippen molar-refractivity contribution in [3.8, 4) is 11.3 Å². The van der Waals surface area contributed by atoms with Crippen molar-refractivity contribution in [2.24, 2.45) is 4.99 Å². The van der Waals surface area contributed by atoms with E-state index >= 15 is 4.39 Å². The number of pyridine rings is 1. The van der Waals surface area contributed by atoms with Crippen molar-refractivity contribution in [3.05, 3.63) is 59.3 Å². The minimum absolute atomic E-state index is 0.165. The van der Waals surface area contributed by atoms with E-state index in [9.17, 15) is 4.79 Å². The van der Waals surface area contributed by atoms with Crippen LogP contribution in [0.25, 0.3) is 11.3 Å². The number of aliphatic imine (C=N–C) groups is 1. The van der Waals surface area contributed by atoms with Gasteiger partial charge >= 0.3 is 0 Å². The Kier molecular flexibility index (Phi) is 10.0. The van der Waals surface area contributed by atoms with Crippen LogP contribution in [0, 0.1) is 12.7 Å². The zero-order chi connectivity index (χ0) is 27.8. The summed E-state index contributed by atoms with van der Waals surface area (Å²) >= 11 is 0. The fourth-order valence-electron chi connectivity index (χ4n) is 4.59. The number of hydrogen-bond donors (Lipinski definition) is 0. The summed E-state index contributed by atoms with van der Waals surface area (Å²) in [4.78, 5) is 33.9. The fourth-order valence-corrected chi connectivity index (χ4v) is 4.59. The Morgan fingerprint density at radius 3 is 2.32 bits per heavy atom. The van der Waals surface area contributed by atoms with Gasteiger partial charge in [-0.3, -0.25) is 14.8 Å². The second kappa shape index (κ2) is 13.2. The van der Waals surface area contributed by atoms with Crippen LogP contribution in [0.4, 0.5) is 21.7 Å². The first-order valence-corrected chi connectivity index (χ1v) is 13.3. The van der Waals surface area contributed by atoms with Gasteiger partial charge in [0.25, 0.3) is 0 Å². The molecule has 1 aromatic carbocycles. The van der Waals surface area contributed by atoms with E-state index in [1.54, 1.807) is 31.3 Å². The molecule has 0 unspecified atom stereocenters. The number of benzene rings is 1. The van der Waals surface area contributed by atoms with Gasteiger partial charge in [0.15, 0.2) is 5.78 Å². The number of hydrogen-bond acceptors (Lipinski definition) is 7. The third-order valence-corrected chi connectivity index (χ3v) is 6.85. The molecule has 0 atom stereocenters. The predicted molar refractivity (Wildman–Crippen MR) is 155 cm³/mol. The molecular formula is C30H39FN6O. The first kappa shape index (κ1) is 28.9. The molecule has 0 N–H and O–H groups in total. The maximum absolute atomic E-state index is 15.0. The number of aryl methyl sites for hydroxylation is 1. The minimum atomic E-state index is -0.442. The molecule has 0 aliphatic carbocycles. The Hall–Kier alpha value is -3.68. The highest BCUT2D eigenvalue weighted by Crippen LogP contribution is 2.35. The highest BCUT2D eigenvalue weighted by atomic mass is 19.1. The maximum atomic E-state index is 15.0. The lowest BCUT2D eigenvalue weighted by atomic mass is 9.99. The summed E-state index contributed by atoms with van der Waals surface area (Å²) in [6, 6.07) is 5.29. The van der Waals surface area contributed by atoms with Crippen molar-refractivity contribution in [1.29, 1.82) is 0 Å². The van der Waals surface area contributed by atoms with Gasteiger partial charge < -0.3 is 9.80 Å². The van der Waals surface area contributed by atoms with E-state index in [4.69, 9.17) is 0 Å². The molecule has 3 aromatic rings. The Labute approximate surface area is 225 Å². The van der Waals surface area contributed by atoms with Crippen LogP contribution in [0.1, 0.15) is 68.4 Å². The van der Waals surface area contributed by atoms with Crippen molar-refractivity contribution >= 4 is 29.8 Å². The van der Waals surface area contributed by atoms with Gasteiger partial charge in [-0.1, -0.05) is 33.3 Å². The van der Waals surface area contributed by atoms with Gasteiger partial charge in [0, 0.05) is 49.7 Å². The molecule has 0 saturated carbocycles. The average Bonchev–Trinajstić information content (AvgIpc) is 2.94. The molecule has 1 aliphatic heterocycles. The van der Waals surface area contributed by atoms with Crippen LogP contribution in [0.15, 0.2) is 41.8 Å². The van der Waals surface area contributed by atoms with Crippen molar-refractivity contribution in [1.82, 2.24) is 15.0 Å². The Balaban J connectivity index is 0.00000127. The smallest absolute Gasteiger partial charge is 0.225 e. The molecule has 1 saturated heterocycles. The molecule has 1 aliphatic rings. The molecule has 1 fully saturated rings. The van der Waals surface area contributed by atoms with E-state index in [0.717, 1.165) is 49.6 Å². The number of rotatable bonds is 7. The van der Waals surface area contributed by atoms with Crippen LogP contribution in [-0.2, 0) is 6.42 Å². The van der Waals surface area contributed by atoms with Crippen molar-refractivity contribution in [2.45, 2.75) is 66.3 Å². The number of nitrogens with zero attached hydrogens (tertiary/aromatic N) is 6. The third kappa shape index (κ3) is 6.41. The first-order chi connectivity index (χ1) is 18.2. The normalized spacial score (nSPS) is 13.5. The highest BCUT2D eigenvalue weighted by molar-refractivity contribution is 5.96. The molecule has 8 heteroatoms. The van der Waals surface area contributed by atoms with Gasteiger partial charge in [-0.25, -0.2) is 14.4 Å². The molecule has 7 nitrogen and oxygen atoms in total. The lowest BCUT2D eigenvalue weighted by Gasteiger charge is -2.38. The first-order valence-electron chi connectivity index (χ1n) is 13.3. The van der Waals surface area contributed by atoms with E-state index < -0.39 is 5.82 Å². The summed E-state index contributed by atoms with van der Waals surface area (Å²) in [7, 11) is 2.03. The van der Waals surface area contributed by atoms with Crippen molar-refractivity contribution in [3.63, 3.8) is 0 Å². The number of anilines is 2. The average molecular weight is 519 g/mol. The van der Waals surface area contributed by atoms with Crippen molar-refractivity contribution < 1.29 is 9.18 Å². The van der Waals surface area contributed by atoms with Gasteiger partial charge in [-0.15, -0.1) is 0 Å². The van der Waals surface area contributed by atoms with E-state index in [1.807, 2.05) is 19.4 Å². The number of ketones is 1. The van der Waals surface area contributed by atoms with Crippen LogP contribution < -0.4 is 9.80 Å². The molecule has 3 heterocycles. The monoisotopic (exact) mass is 518 g/mol. The molecule has 0 bridgehead atoms. The number of halogens is 1. The summed E-state index contributed by atoms with van der Waals surface area (Å²) in [5, 5.41) is 0. The predicted octanol–water partition coefficient (Wildman–Crippen LogP) is 6.60. The zero-order valence-corrected chi connectivity index (χ0v) is 23.5. The van der Waals surface area contributed by atoms with Gasteiger partial charge in [-0.05, 0) is 63.1 Å². The molecule has 2 aromatic heterocycles. The highest BCUT2D eigenvalue weighted by Gasteiger charge is 2.26. The summed E-state index contributed by atoms with van der Waals surface area (Å²) in [6.07, 6.45) is 9.57. The summed E-state index contributed by atoms with van der Waals surface area (Å²) in [6.45, 7) is 14.8. The van der Waals surface area contributed by atoms with Crippen LogP contribution in [0.3, 0.4) is 0 Å².